The Morgan fingerprint density at radius 3 is 2.60 bits per heavy atom. The van der Waals surface area contributed by atoms with Crippen molar-refractivity contribution in [1.29, 1.82) is 0 Å². The van der Waals surface area contributed by atoms with Crippen LogP contribution in [-0.2, 0) is 0 Å². The molecule has 104 valence electrons. The van der Waals surface area contributed by atoms with E-state index in [9.17, 15) is 4.79 Å². The second-order valence-electron chi connectivity index (χ2n) is 4.27. The van der Waals surface area contributed by atoms with Gasteiger partial charge in [-0.15, -0.1) is 0 Å². The van der Waals surface area contributed by atoms with E-state index >= 15 is 0 Å². The molecule has 2 aromatic rings. The van der Waals surface area contributed by atoms with Crippen molar-refractivity contribution in [2.24, 2.45) is 0 Å². The molecule has 0 saturated carbocycles. The topological polar surface area (TPSA) is 46.3 Å². The van der Waals surface area contributed by atoms with Crippen LogP contribution in [0.4, 0.5) is 11.4 Å². The number of nitrogen functional groups attached to an aromatic ring is 1. The van der Waals surface area contributed by atoms with Gasteiger partial charge in [0.2, 0.25) is 0 Å². The van der Waals surface area contributed by atoms with E-state index in [0.29, 0.717) is 17.8 Å². The van der Waals surface area contributed by atoms with E-state index in [1.54, 1.807) is 23.1 Å². The van der Waals surface area contributed by atoms with Crippen LogP contribution >= 0.6 is 31.9 Å². The lowest BCUT2D eigenvalue weighted by molar-refractivity contribution is 0.0987. The molecule has 0 aliphatic carbocycles. The van der Waals surface area contributed by atoms with Gasteiger partial charge < -0.3 is 10.6 Å². The predicted molar refractivity (Wildman–Crippen MR) is 90.0 cm³/mol. The summed E-state index contributed by atoms with van der Waals surface area (Å²) < 4.78 is 1.64. The lowest BCUT2D eigenvalue weighted by Gasteiger charge is -2.22. The van der Waals surface area contributed by atoms with Gasteiger partial charge in [0.25, 0.3) is 5.91 Å². The third-order valence-corrected chi connectivity index (χ3v) is 4.09. The maximum absolute atomic E-state index is 12.7. The van der Waals surface area contributed by atoms with Crippen molar-refractivity contribution in [1.82, 2.24) is 0 Å². The SMILES string of the molecule is CCN(C(=O)c1cc(Br)ccc1Br)c1cccc(N)c1. The van der Waals surface area contributed by atoms with E-state index in [-0.39, 0.29) is 5.91 Å². The summed E-state index contributed by atoms with van der Waals surface area (Å²) in [5.41, 5.74) is 7.84. The molecule has 2 N–H and O–H groups in total. The number of carbonyl (C=O) groups excluding carboxylic acids is 1. The summed E-state index contributed by atoms with van der Waals surface area (Å²) in [7, 11) is 0. The van der Waals surface area contributed by atoms with Crippen molar-refractivity contribution in [3.05, 3.63) is 57.0 Å². The fourth-order valence-electron chi connectivity index (χ4n) is 1.94. The summed E-state index contributed by atoms with van der Waals surface area (Å²) in [5, 5.41) is 0. The Morgan fingerprint density at radius 1 is 1.20 bits per heavy atom. The molecule has 0 spiro atoms. The fraction of sp³-hybridized carbons (Fsp3) is 0.133. The molecule has 0 aliphatic rings. The van der Waals surface area contributed by atoms with Crippen LogP contribution in [0.1, 0.15) is 17.3 Å². The highest BCUT2D eigenvalue weighted by Gasteiger charge is 2.19. The van der Waals surface area contributed by atoms with Crippen LogP contribution in [0, 0.1) is 0 Å². The molecule has 0 atom stereocenters. The number of halogens is 2. The van der Waals surface area contributed by atoms with Gasteiger partial charge in [-0.25, -0.2) is 0 Å². The molecule has 3 nitrogen and oxygen atoms in total. The maximum atomic E-state index is 12.7. The van der Waals surface area contributed by atoms with Crippen LogP contribution in [-0.4, -0.2) is 12.5 Å². The van der Waals surface area contributed by atoms with Crippen LogP contribution in [0.2, 0.25) is 0 Å². The first-order valence-corrected chi connectivity index (χ1v) is 7.74. The van der Waals surface area contributed by atoms with Gasteiger partial charge in [0.1, 0.15) is 0 Å². The van der Waals surface area contributed by atoms with Crippen molar-refractivity contribution in [3.63, 3.8) is 0 Å². The highest BCUT2D eigenvalue weighted by atomic mass is 79.9. The third-order valence-electron chi connectivity index (χ3n) is 2.90. The minimum Gasteiger partial charge on any atom is -0.399 e. The molecule has 0 saturated heterocycles. The summed E-state index contributed by atoms with van der Waals surface area (Å²) in [6, 6.07) is 12.9. The highest BCUT2D eigenvalue weighted by molar-refractivity contribution is 9.11. The molecule has 0 fully saturated rings. The van der Waals surface area contributed by atoms with Crippen LogP contribution in [0.15, 0.2) is 51.4 Å². The molecule has 0 aromatic heterocycles. The average Bonchev–Trinajstić information content (AvgIpc) is 2.42. The summed E-state index contributed by atoms with van der Waals surface area (Å²) in [6.45, 7) is 2.51. The molecule has 20 heavy (non-hydrogen) atoms. The number of anilines is 2. The molecule has 0 aliphatic heterocycles. The second-order valence-corrected chi connectivity index (χ2v) is 6.04. The summed E-state index contributed by atoms with van der Waals surface area (Å²) in [6.07, 6.45) is 0. The minimum absolute atomic E-state index is 0.0636. The highest BCUT2D eigenvalue weighted by Crippen LogP contribution is 2.26. The first-order chi connectivity index (χ1) is 9.52. The summed E-state index contributed by atoms with van der Waals surface area (Å²) in [4.78, 5) is 14.4. The first-order valence-electron chi connectivity index (χ1n) is 6.15. The molecule has 2 aromatic carbocycles. The van der Waals surface area contributed by atoms with Gasteiger partial charge in [-0.2, -0.15) is 0 Å². The molecule has 0 heterocycles. The molecular weight excluding hydrogens is 384 g/mol. The Labute approximate surface area is 135 Å². The predicted octanol–water partition coefficient (Wildman–Crippen LogP) is 4.46. The van der Waals surface area contributed by atoms with Crippen molar-refractivity contribution >= 4 is 49.1 Å². The van der Waals surface area contributed by atoms with Crippen molar-refractivity contribution < 1.29 is 4.79 Å². The summed E-state index contributed by atoms with van der Waals surface area (Å²) >= 11 is 6.81. The third kappa shape index (κ3) is 3.22. The van der Waals surface area contributed by atoms with Gasteiger partial charge in [0, 0.05) is 26.9 Å². The van der Waals surface area contributed by atoms with Crippen LogP contribution in [0.25, 0.3) is 0 Å². The van der Waals surface area contributed by atoms with Gasteiger partial charge in [-0.1, -0.05) is 22.0 Å². The number of carbonyl (C=O) groups is 1. The minimum atomic E-state index is -0.0636. The second kappa shape index (κ2) is 6.41. The molecule has 0 unspecified atom stereocenters. The lowest BCUT2D eigenvalue weighted by Crippen LogP contribution is -2.30. The number of hydrogen-bond donors (Lipinski definition) is 1. The Hall–Kier alpha value is -1.33. The molecule has 0 radical (unpaired) electrons. The molecule has 5 heteroatoms. The smallest absolute Gasteiger partial charge is 0.259 e. The normalized spacial score (nSPS) is 10.3. The monoisotopic (exact) mass is 396 g/mol. The number of nitrogens with two attached hydrogens (primary N) is 1. The largest absolute Gasteiger partial charge is 0.399 e. The van der Waals surface area contributed by atoms with Crippen LogP contribution in [0.5, 0.6) is 0 Å². The standard InChI is InChI=1S/C15H14Br2N2O/c1-2-19(12-5-3-4-11(18)9-12)15(20)13-8-10(16)6-7-14(13)17/h3-9H,2,18H2,1H3. The molecule has 0 bridgehead atoms. The zero-order valence-electron chi connectivity index (χ0n) is 10.9. The van der Waals surface area contributed by atoms with E-state index in [2.05, 4.69) is 31.9 Å². The summed E-state index contributed by atoms with van der Waals surface area (Å²) in [5.74, 6) is -0.0636. The Morgan fingerprint density at radius 2 is 1.95 bits per heavy atom. The Balaban J connectivity index is 2.41. The van der Waals surface area contributed by atoms with E-state index in [0.717, 1.165) is 14.6 Å². The molecule has 2 rings (SSSR count). The molecule has 1 amide bonds. The van der Waals surface area contributed by atoms with Gasteiger partial charge in [0.05, 0.1) is 5.56 Å². The van der Waals surface area contributed by atoms with E-state index in [4.69, 9.17) is 5.73 Å². The first kappa shape index (κ1) is 15.1. The van der Waals surface area contributed by atoms with Gasteiger partial charge in [0.15, 0.2) is 0 Å². The number of amides is 1. The van der Waals surface area contributed by atoms with Crippen LogP contribution in [0.3, 0.4) is 0 Å². The number of benzene rings is 2. The van der Waals surface area contributed by atoms with Crippen molar-refractivity contribution in [2.75, 3.05) is 17.2 Å². The number of hydrogen-bond acceptors (Lipinski definition) is 2. The number of nitrogens with zero attached hydrogens (tertiary/aromatic N) is 1. The zero-order chi connectivity index (χ0) is 14.7. The zero-order valence-corrected chi connectivity index (χ0v) is 14.1. The van der Waals surface area contributed by atoms with E-state index < -0.39 is 0 Å². The Bertz CT molecular complexity index is 644. The lowest BCUT2D eigenvalue weighted by atomic mass is 10.1. The fourth-order valence-corrected chi connectivity index (χ4v) is 2.72. The quantitative estimate of drug-likeness (QED) is 0.777. The number of rotatable bonds is 3. The average molecular weight is 398 g/mol. The maximum Gasteiger partial charge on any atom is 0.259 e. The van der Waals surface area contributed by atoms with Gasteiger partial charge in [-0.05, 0) is 59.3 Å². The van der Waals surface area contributed by atoms with Gasteiger partial charge >= 0.3 is 0 Å². The molecular formula is C15H14Br2N2O. The van der Waals surface area contributed by atoms with Gasteiger partial charge in [-0.3, -0.25) is 4.79 Å². The van der Waals surface area contributed by atoms with E-state index in [1.165, 1.54) is 0 Å². The van der Waals surface area contributed by atoms with E-state index in [1.807, 2.05) is 31.2 Å². The van der Waals surface area contributed by atoms with Crippen molar-refractivity contribution in [3.8, 4) is 0 Å². The van der Waals surface area contributed by atoms with Crippen LogP contribution < -0.4 is 10.6 Å². The Kier molecular flexibility index (Phi) is 4.83. The van der Waals surface area contributed by atoms with Crippen molar-refractivity contribution in [2.45, 2.75) is 6.92 Å².